The molecule has 144 heavy (non-hydrogen) atoms. The van der Waals surface area contributed by atoms with Gasteiger partial charge in [-0.2, -0.15) is 10.5 Å². The number of ketones is 4. The molecule has 0 rings (SSSR count). The molecule has 0 aromatic heterocycles. The first kappa shape index (κ1) is 145. The van der Waals surface area contributed by atoms with Gasteiger partial charge in [0.25, 0.3) is 23.6 Å². The van der Waals surface area contributed by atoms with Crippen LogP contribution in [-0.4, -0.2) is 355 Å². The van der Waals surface area contributed by atoms with Crippen LogP contribution in [0.2, 0.25) is 0 Å². The second kappa shape index (κ2) is 98.3. The lowest BCUT2D eigenvalue weighted by atomic mass is 10.0. The number of nitriles is 2. The predicted molar refractivity (Wildman–Crippen MR) is 553 cm³/mol. The van der Waals surface area contributed by atoms with Crippen molar-refractivity contribution in [2.75, 3.05) is 158 Å². The van der Waals surface area contributed by atoms with Crippen LogP contribution in [0.25, 0.3) is 0 Å². The lowest BCUT2D eigenvalue weighted by Gasteiger charge is -2.16. The molecule has 0 aromatic carbocycles. The number of nitrogens with one attached hydrogen (secondary N) is 12. The van der Waals surface area contributed by atoms with Crippen molar-refractivity contribution in [1.29, 1.82) is 10.5 Å². The minimum Gasteiger partial charge on any atom is -0.443 e. The highest BCUT2D eigenvalue weighted by molar-refractivity contribution is 5.94. The highest BCUT2D eigenvalue weighted by atomic mass is 16.6. The monoisotopic (exact) mass is 2040 g/mol. The highest BCUT2D eigenvalue weighted by Crippen LogP contribution is 2.09. The van der Waals surface area contributed by atoms with Gasteiger partial charge in [0.1, 0.15) is 36.6 Å². The van der Waals surface area contributed by atoms with Crippen LogP contribution in [-0.2, 0) is 76.3 Å². The summed E-state index contributed by atoms with van der Waals surface area (Å²) in [5.74, 6) is 29.7. The van der Waals surface area contributed by atoms with Gasteiger partial charge in [-0.15, -0.1) is 0 Å². The fraction of sp³-hybridized carbons (Fsp3) is 0.769. The molecule has 0 aliphatic heterocycles. The summed E-state index contributed by atoms with van der Waals surface area (Å²) in [7, 11) is 0. The van der Waals surface area contributed by atoms with Crippen molar-refractivity contribution in [1.82, 2.24) is 63.8 Å². The number of rotatable bonds is 66. The van der Waals surface area contributed by atoms with Crippen LogP contribution in [0.3, 0.4) is 0 Å². The topological polar surface area (TPSA) is 598 Å². The van der Waals surface area contributed by atoms with E-state index in [4.69, 9.17) is 48.4 Å². The Balaban J connectivity index is -0.000000398. The zero-order valence-electron chi connectivity index (χ0n) is 90.6. The third kappa shape index (κ3) is 101. The predicted octanol–water partition coefficient (Wildman–Crippen LogP) is 2.73. The van der Waals surface area contributed by atoms with Crippen molar-refractivity contribution in [2.24, 2.45) is 35.5 Å². The van der Waals surface area contributed by atoms with E-state index < -0.39 is 120 Å². The molecule has 10 atom stereocenters. The number of carbonyl (C=O) groups is 10. The fourth-order valence-corrected chi connectivity index (χ4v) is 10.2. The summed E-state index contributed by atoms with van der Waals surface area (Å²) in [6.45, 7) is 57.5. The number of carbonyl (C=O) groups excluding carboxylic acids is 10. The van der Waals surface area contributed by atoms with Crippen LogP contribution in [0.1, 0.15) is 230 Å². The fourth-order valence-electron chi connectivity index (χ4n) is 10.2. The second-order valence-electron chi connectivity index (χ2n) is 36.3. The Labute approximate surface area is 860 Å². The Hall–Kier alpha value is -9.36. The molecule has 0 aliphatic rings. The van der Waals surface area contributed by atoms with Gasteiger partial charge >= 0.3 is 12.2 Å². The van der Waals surface area contributed by atoms with Gasteiger partial charge < -0.3 is 143 Å². The number of amides is 6. The minimum atomic E-state index is -1.76. The molecule has 0 fully saturated rings. The zero-order chi connectivity index (χ0) is 111. The third-order valence-electron chi connectivity index (χ3n) is 17.5. The summed E-state index contributed by atoms with van der Waals surface area (Å²) >= 11 is 0. The first-order valence-electron chi connectivity index (χ1n) is 50.0. The number of ether oxygens (including phenoxy) is 8. The van der Waals surface area contributed by atoms with Gasteiger partial charge in [0, 0.05) is 111 Å². The average Bonchev–Trinajstić information content (AvgIpc) is 0.906. The van der Waals surface area contributed by atoms with Gasteiger partial charge in [-0.05, 0) is 51.9 Å². The maximum atomic E-state index is 11.7. The zero-order valence-corrected chi connectivity index (χ0v) is 90.6. The number of nitrogens with zero attached hydrogens (tertiary/aromatic N) is 2. The van der Waals surface area contributed by atoms with Crippen LogP contribution in [0.4, 0.5) is 9.59 Å². The van der Waals surface area contributed by atoms with Gasteiger partial charge in [0.2, 0.25) is 0 Å². The van der Waals surface area contributed by atoms with Crippen LogP contribution >= 0.6 is 0 Å². The van der Waals surface area contributed by atoms with Crippen molar-refractivity contribution >= 4 is 58.9 Å². The molecule has 0 unspecified atom stereocenters. The second-order valence-corrected chi connectivity index (χ2v) is 36.3. The first-order valence-corrected chi connectivity index (χ1v) is 50.0. The number of alkyl carbamates (subject to hydrolysis) is 2. The Morgan fingerprint density at radius 1 is 0.243 bits per heavy atom. The van der Waals surface area contributed by atoms with Gasteiger partial charge in [0.15, 0.2) is 47.5 Å². The summed E-state index contributed by atoms with van der Waals surface area (Å²) in [4.78, 5) is 117. The van der Waals surface area contributed by atoms with Crippen molar-refractivity contribution in [3.05, 3.63) is 0 Å². The van der Waals surface area contributed by atoms with Crippen LogP contribution in [0.5, 0.6) is 0 Å². The van der Waals surface area contributed by atoms with E-state index in [1.54, 1.807) is 0 Å². The first-order chi connectivity index (χ1) is 67.9. The molecule has 0 aliphatic carbocycles. The maximum absolute atomic E-state index is 11.7. The van der Waals surface area contributed by atoms with Crippen molar-refractivity contribution in [3.8, 4) is 83.2 Å². The molecule has 0 saturated heterocycles. The number of aliphatic hydroxyl groups excluding tert-OH is 8. The summed E-state index contributed by atoms with van der Waals surface area (Å²) in [6, 6.07) is 6.16. The Kier molecular flexibility index (Phi) is 99.2. The van der Waals surface area contributed by atoms with Crippen LogP contribution in [0.15, 0.2) is 0 Å². The largest absolute Gasteiger partial charge is 0.443 e. The van der Waals surface area contributed by atoms with Crippen molar-refractivity contribution in [3.63, 3.8) is 0 Å². The summed E-state index contributed by atoms with van der Waals surface area (Å²) < 4.78 is 42.8. The standard InChI is InChI=1S/2C20H35N3O5.4C16H28N2O4/c2*1-17(2)6-5-9-23-20(24)28-19(7-8-21)16-27-15-14-26-13-12-25-11-10-22-18(3)4;4*1-11(2)7-5-10-18-16(22)15(21)14(20)13(19)8-6-9-17-12(3)4/h2*17-19,22H,7,9-16H2,1-4H3,(H,23,24);4*11-12,14-15,17,20-21H,6,8-10H2,1-4H3,(H,18,22)/t2*19-;2*14-,15+;2*14-,15-/m101010/s1. The molecule has 6 amide bonds. The normalized spacial score (nSPS) is 12.7. The van der Waals surface area contributed by atoms with E-state index in [1.807, 2.05) is 151 Å². The van der Waals surface area contributed by atoms with E-state index in [2.05, 4.69) is 163 Å². The summed E-state index contributed by atoms with van der Waals surface area (Å²) in [5.41, 5.74) is 0. The quantitative estimate of drug-likeness (QED) is 0.0307. The molecular weight excluding hydrogens is 1860 g/mol. The Bertz CT molecular complexity index is 3500. The van der Waals surface area contributed by atoms with E-state index in [-0.39, 0.29) is 127 Å². The molecule has 0 radical (unpaired) electrons. The highest BCUT2D eigenvalue weighted by Gasteiger charge is 2.33. The van der Waals surface area contributed by atoms with E-state index >= 15 is 0 Å². The molecular formula is C104H182N14O26. The molecule has 40 heteroatoms. The third-order valence-corrected chi connectivity index (χ3v) is 17.5. The van der Waals surface area contributed by atoms with E-state index in [1.165, 1.54) is 0 Å². The van der Waals surface area contributed by atoms with Crippen molar-refractivity contribution < 1.29 is 127 Å². The van der Waals surface area contributed by atoms with Gasteiger partial charge in [0.05, 0.1) is 144 Å². The minimum absolute atomic E-state index is 0.0597. The molecule has 40 nitrogen and oxygen atoms in total. The average molecular weight is 2040 g/mol. The van der Waals surface area contributed by atoms with Gasteiger partial charge in [-0.25, -0.2) is 9.59 Å². The smallest absolute Gasteiger partial charge is 0.408 e. The summed E-state index contributed by atoms with van der Waals surface area (Å²) in [6.07, 6.45) is -13.6. The van der Waals surface area contributed by atoms with Gasteiger partial charge in [-0.3, -0.25) is 38.4 Å². The number of aliphatic hydroxyl groups is 8. The lowest BCUT2D eigenvalue weighted by molar-refractivity contribution is -0.144. The molecule has 0 heterocycles. The lowest BCUT2D eigenvalue weighted by Crippen LogP contribution is -2.45. The van der Waals surface area contributed by atoms with E-state index in [9.17, 15) is 88.8 Å². The number of hydrogen-bond acceptors (Lipinski definition) is 34. The SMILES string of the molecule is CC(C)C#CCNC(=O)O[C@@H](CC#N)COCCOCCOCCNC(C)C.CC(C)C#CCNC(=O)O[C@H](CC#N)COCCOCCOCCNC(C)C.CC(C)C#CCNC(=O)[C@@H](O)[C@@H](O)C(=O)CCCNC(C)C.CC(C)C#CCNC(=O)[C@@H](O)[C@H](O)C(=O)CCCNC(C)C.CC(C)C#CCNC(=O)[C@H](O)[C@@H](O)C(=O)CCCNC(C)C.CC(C)C#CCNC(=O)[C@H](O)[C@H](O)C(=O)CCCNC(C)C. The van der Waals surface area contributed by atoms with E-state index in [0.717, 1.165) is 13.1 Å². The van der Waals surface area contributed by atoms with Crippen LogP contribution < -0.4 is 63.8 Å². The van der Waals surface area contributed by atoms with E-state index in [0.29, 0.717) is 154 Å². The van der Waals surface area contributed by atoms with Crippen LogP contribution in [0, 0.1) is 129 Å². The Morgan fingerprint density at radius 2 is 0.424 bits per heavy atom. The molecule has 0 bridgehead atoms. The number of Topliss-reactive ketones (excluding diaryl/α,β-unsaturated/α-hetero) is 4. The number of hydrogen-bond donors (Lipinski definition) is 20. The molecule has 0 aromatic rings. The van der Waals surface area contributed by atoms with Gasteiger partial charge in [-0.1, -0.05) is 237 Å². The maximum Gasteiger partial charge on any atom is 0.408 e. The molecule has 824 valence electrons. The molecule has 0 saturated carbocycles. The molecule has 0 spiro atoms. The summed E-state index contributed by atoms with van der Waals surface area (Å²) in [5, 5.41) is 129. The van der Waals surface area contributed by atoms with Crippen molar-refractivity contribution in [2.45, 2.75) is 328 Å². The molecule has 20 N–H and O–H groups in total. The Morgan fingerprint density at radius 3 is 0.611 bits per heavy atom.